The number of carboxylic acid groups (broad SMARTS) is 1. The van der Waals surface area contributed by atoms with Gasteiger partial charge in [0.15, 0.2) is 11.3 Å². The Morgan fingerprint density at radius 3 is 1.49 bits per heavy atom. The van der Waals surface area contributed by atoms with E-state index in [0.29, 0.717) is 85.8 Å². The molecule has 8 aromatic rings. The van der Waals surface area contributed by atoms with E-state index in [1.54, 1.807) is 97.6 Å². The summed E-state index contributed by atoms with van der Waals surface area (Å²) in [6.07, 6.45) is -2.30. The van der Waals surface area contributed by atoms with E-state index in [-0.39, 0.29) is 47.6 Å². The third-order valence-electron chi connectivity index (χ3n) is 12.7. The van der Waals surface area contributed by atoms with Crippen molar-refractivity contribution in [2.24, 2.45) is 0 Å². The summed E-state index contributed by atoms with van der Waals surface area (Å²) in [6.45, 7) is 6.19. The van der Waals surface area contributed by atoms with Gasteiger partial charge in [0.25, 0.3) is 5.91 Å². The molecule has 0 unspecified atom stereocenters. The molecule has 76 heavy (non-hydrogen) atoms. The van der Waals surface area contributed by atoms with Crippen LogP contribution in [-0.4, -0.2) is 66.7 Å². The van der Waals surface area contributed by atoms with Crippen LogP contribution in [-0.2, 0) is 0 Å². The van der Waals surface area contributed by atoms with Gasteiger partial charge in [0.2, 0.25) is 0 Å². The fraction of sp³-hybridized carbons (Fsp3) is 0.255. The molecule has 4 heterocycles. The Bertz CT molecular complexity index is 3540. The number of ether oxygens (including phenoxy) is 2. The molecule has 0 aliphatic heterocycles. The molecule has 9 rings (SSSR count). The van der Waals surface area contributed by atoms with Crippen LogP contribution in [0, 0.1) is 50.7 Å². The summed E-state index contributed by atoms with van der Waals surface area (Å²) in [5.74, 6) is -1.33. The molecule has 0 radical (unpaired) electrons. The Kier molecular flexibility index (Phi) is 15.3. The van der Waals surface area contributed by atoms with Crippen molar-refractivity contribution < 1.29 is 59.3 Å². The third-order valence-corrected chi connectivity index (χ3v) is 12.7. The number of nitrogens with one attached hydrogen (secondary N) is 3. The first-order chi connectivity index (χ1) is 36.0. The number of alkyl halides is 6. The first-order valence-corrected chi connectivity index (χ1v) is 23.7. The number of carboxylic acids is 1. The maximum absolute atomic E-state index is 13.9. The number of imidazole rings is 2. The number of anilines is 2. The number of amides is 1. The summed E-state index contributed by atoms with van der Waals surface area (Å²) < 4.78 is 119. The van der Waals surface area contributed by atoms with E-state index in [2.05, 4.69) is 32.0 Å². The molecule has 13 nitrogen and oxygen atoms in total. The van der Waals surface area contributed by atoms with Crippen molar-refractivity contribution in [1.29, 1.82) is 5.26 Å². The number of carbonyl (C=O) groups is 2. The quantitative estimate of drug-likeness (QED) is 0.0726. The summed E-state index contributed by atoms with van der Waals surface area (Å²) in [6, 6.07) is 23.4. The number of hydrogen-bond donors (Lipinski definition) is 4. The zero-order valence-electron chi connectivity index (χ0n) is 41.2. The highest BCUT2D eigenvalue weighted by Gasteiger charge is 2.39. The van der Waals surface area contributed by atoms with Gasteiger partial charge in [-0.1, -0.05) is 24.3 Å². The molecular weight excluding hydrogens is 1000 g/mol. The van der Waals surface area contributed by atoms with Crippen molar-refractivity contribution in [3.05, 3.63) is 155 Å². The highest BCUT2D eigenvalue weighted by molar-refractivity contribution is 5.97. The minimum Gasteiger partial charge on any atom is -0.478 e. The van der Waals surface area contributed by atoms with Crippen LogP contribution in [0.15, 0.2) is 110 Å². The molecule has 4 N–H and O–H groups in total. The van der Waals surface area contributed by atoms with E-state index < -0.39 is 48.3 Å². The highest BCUT2D eigenvalue weighted by Crippen LogP contribution is 2.37. The number of fused-ring (bicyclic) bond motifs is 2. The van der Waals surface area contributed by atoms with E-state index >= 15 is 0 Å². The number of benzene rings is 4. The minimum atomic E-state index is -4.34. The van der Waals surface area contributed by atoms with E-state index in [0.717, 1.165) is 6.42 Å². The molecular formula is C55H48F8N8O5. The van der Waals surface area contributed by atoms with Gasteiger partial charge < -0.3 is 30.5 Å². The zero-order chi connectivity index (χ0) is 54.7. The number of carbonyl (C=O) groups excluding carboxylic acids is 1. The van der Waals surface area contributed by atoms with Gasteiger partial charge in [-0.25, -0.2) is 23.5 Å². The van der Waals surface area contributed by atoms with Crippen molar-refractivity contribution >= 4 is 34.5 Å². The smallest absolute Gasteiger partial charge is 0.390 e. The number of rotatable bonds is 15. The van der Waals surface area contributed by atoms with E-state index in [1.807, 2.05) is 0 Å². The predicted molar refractivity (Wildman–Crippen MR) is 268 cm³/mol. The lowest BCUT2D eigenvalue weighted by Crippen LogP contribution is -2.52. The lowest BCUT2D eigenvalue weighted by atomic mass is 9.78. The molecule has 1 aliphatic rings. The molecule has 0 atom stereocenters. The third kappa shape index (κ3) is 12.5. The number of pyridine rings is 2. The first kappa shape index (κ1) is 53.6. The Morgan fingerprint density at radius 1 is 0.658 bits per heavy atom. The van der Waals surface area contributed by atoms with Gasteiger partial charge in [0.1, 0.15) is 40.2 Å². The molecule has 0 bridgehead atoms. The molecule has 0 spiro atoms. The molecule has 1 aliphatic carbocycles. The summed E-state index contributed by atoms with van der Waals surface area (Å²) in [5.41, 5.74) is 6.17. The Labute approximate surface area is 429 Å². The standard InChI is InChI=1S/C30H27F4N5O2.C25H21F4N3O3/c1-18-4-6-21(31)13-26(18)41-22-14-24(36-11-10-30(32,33)34)27-37-15-25(39(27)16-22)20-5-7-23(19(2)12-20)28(40)38-29(17-35)8-3-9-29;1-14-3-5-17(26)10-22(14)35-18-11-20(30-8-7-25(27,28)29)23-31-12-21(32(23)13-18)16-4-6-19(24(33)34)15(2)9-16/h4-7,12-16,36H,3,8-11H2,1-2H3,(H,38,40);3-6,9-13,30H,7-8H2,1-2H3,(H,33,34). The van der Waals surface area contributed by atoms with Crippen molar-refractivity contribution in [1.82, 2.24) is 24.1 Å². The van der Waals surface area contributed by atoms with Crippen molar-refractivity contribution in [3.8, 4) is 51.6 Å². The number of aromatic carboxylic acids is 1. The predicted octanol–water partition coefficient (Wildman–Crippen LogP) is 13.7. The number of halogens is 8. The van der Waals surface area contributed by atoms with Crippen LogP contribution >= 0.6 is 0 Å². The molecule has 1 amide bonds. The maximum atomic E-state index is 13.9. The van der Waals surface area contributed by atoms with Crippen LogP contribution in [0.1, 0.15) is 75.1 Å². The minimum absolute atomic E-state index is 0.155. The number of nitriles is 1. The molecule has 0 saturated heterocycles. The topological polar surface area (TPSA) is 167 Å². The summed E-state index contributed by atoms with van der Waals surface area (Å²) in [7, 11) is 0. The van der Waals surface area contributed by atoms with Gasteiger partial charge in [-0.05, 0) is 106 Å². The highest BCUT2D eigenvalue weighted by atomic mass is 19.4. The van der Waals surface area contributed by atoms with Gasteiger partial charge in [0, 0.05) is 54.0 Å². The van der Waals surface area contributed by atoms with Gasteiger partial charge in [0.05, 0.1) is 72.0 Å². The van der Waals surface area contributed by atoms with Crippen LogP contribution < -0.4 is 25.4 Å². The largest absolute Gasteiger partial charge is 0.478 e. The monoisotopic (exact) mass is 1050 g/mol. The summed E-state index contributed by atoms with van der Waals surface area (Å²) >= 11 is 0. The average Bonchev–Trinajstić information content (AvgIpc) is 3.97. The summed E-state index contributed by atoms with van der Waals surface area (Å²) in [4.78, 5) is 33.1. The normalized spacial score (nSPS) is 13.0. The van der Waals surface area contributed by atoms with Crippen LogP contribution in [0.2, 0.25) is 0 Å². The molecule has 4 aromatic heterocycles. The van der Waals surface area contributed by atoms with Crippen LogP contribution in [0.3, 0.4) is 0 Å². The molecule has 1 saturated carbocycles. The number of hydrogen-bond acceptors (Lipinski definition) is 9. The fourth-order valence-corrected chi connectivity index (χ4v) is 8.44. The van der Waals surface area contributed by atoms with Gasteiger partial charge in [-0.2, -0.15) is 31.6 Å². The number of aromatic nitrogens is 4. The zero-order valence-corrected chi connectivity index (χ0v) is 41.2. The van der Waals surface area contributed by atoms with Gasteiger partial charge in [-0.15, -0.1) is 0 Å². The first-order valence-electron chi connectivity index (χ1n) is 23.7. The SMILES string of the molecule is Cc1ccc(F)cc1Oc1cc(NCCC(F)(F)F)c2ncc(-c3ccc(C(=O)NC4(C#N)CCC4)c(C)c3)n2c1.Cc1ccc(F)cc1Oc1cc(NCCC(F)(F)F)c2ncc(-c3ccc(C(=O)O)c(C)c3)n2c1. The van der Waals surface area contributed by atoms with Gasteiger partial charge in [-0.3, -0.25) is 13.6 Å². The second kappa shape index (κ2) is 21.7. The number of aryl methyl sites for hydroxylation is 4. The second-order valence-electron chi connectivity index (χ2n) is 18.3. The lowest BCUT2D eigenvalue weighted by Gasteiger charge is -2.35. The second-order valence-corrected chi connectivity index (χ2v) is 18.3. The van der Waals surface area contributed by atoms with Crippen molar-refractivity contribution in [2.75, 3.05) is 23.7 Å². The van der Waals surface area contributed by atoms with Crippen molar-refractivity contribution in [3.63, 3.8) is 0 Å². The van der Waals surface area contributed by atoms with Crippen LogP contribution in [0.25, 0.3) is 33.8 Å². The Balaban J connectivity index is 0.000000204. The van der Waals surface area contributed by atoms with Gasteiger partial charge >= 0.3 is 18.3 Å². The molecule has 394 valence electrons. The van der Waals surface area contributed by atoms with E-state index in [1.165, 1.54) is 48.7 Å². The molecule has 1 fully saturated rings. The fourth-order valence-electron chi connectivity index (χ4n) is 8.44. The maximum Gasteiger partial charge on any atom is 0.390 e. The van der Waals surface area contributed by atoms with E-state index in [4.69, 9.17) is 9.47 Å². The number of nitrogens with zero attached hydrogens (tertiary/aromatic N) is 5. The van der Waals surface area contributed by atoms with E-state index in [9.17, 15) is 55.1 Å². The molecule has 4 aromatic carbocycles. The Hall–Kier alpha value is -8.67. The molecule has 21 heteroatoms. The van der Waals surface area contributed by atoms with Crippen LogP contribution in [0.5, 0.6) is 23.0 Å². The Morgan fingerprint density at radius 2 is 1.11 bits per heavy atom. The van der Waals surface area contributed by atoms with Crippen LogP contribution in [0.4, 0.5) is 46.5 Å². The lowest BCUT2D eigenvalue weighted by molar-refractivity contribution is -0.132. The van der Waals surface area contributed by atoms with Crippen molar-refractivity contribution in [2.45, 2.75) is 77.7 Å². The summed E-state index contributed by atoms with van der Waals surface area (Å²) in [5, 5.41) is 27.2. The average molecular weight is 1050 g/mol.